The normalized spacial score (nSPS) is 15.9. The topological polar surface area (TPSA) is 82.8 Å². The lowest BCUT2D eigenvalue weighted by Gasteiger charge is -2.33. The van der Waals surface area contributed by atoms with E-state index in [-0.39, 0.29) is 34.6 Å². The van der Waals surface area contributed by atoms with Crippen LogP contribution in [0.15, 0.2) is 29.3 Å². The molecule has 1 saturated heterocycles. The molecule has 8 heteroatoms. The third kappa shape index (κ3) is 8.42. The Balaban J connectivity index is 0.00000364. The molecule has 0 saturated carbocycles. The summed E-state index contributed by atoms with van der Waals surface area (Å²) in [6, 6.07) is 7.08. The van der Waals surface area contributed by atoms with Crippen LogP contribution in [0.25, 0.3) is 0 Å². The molecule has 0 unspecified atom stereocenters. The second-order valence-electron chi connectivity index (χ2n) is 6.74. The predicted octanol–water partition coefficient (Wildman–Crippen LogP) is 3.53. The lowest BCUT2D eigenvalue weighted by molar-refractivity contribution is -0.384. The fourth-order valence-electron chi connectivity index (χ4n) is 3.13. The van der Waals surface area contributed by atoms with Gasteiger partial charge in [0.05, 0.1) is 11.5 Å². The highest BCUT2D eigenvalue weighted by Gasteiger charge is 2.19. The van der Waals surface area contributed by atoms with Crippen LogP contribution in [-0.2, 0) is 6.54 Å². The number of guanidine groups is 1. The maximum absolute atomic E-state index is 10.9. The van der Waals surface area contributed by atoms with Gasteiger partial charge in [-0.25, -0.2) is 4.99 Å². The lowest BCUT2D eigenvalue weighted by atomic mass is 10.0. The molecule has 0 bridgehead atoms. The predicted molar refractivity (Wildman–Crippen MR) is 121 cm³/mol. The number of rotatable bonds is 8. The molecule has 0 amide bonds. The summed E-state index contributed by atoms with van der Waals surface area (Å²) in [6.45, 7) is 8.93. The van der Waals surface area contributed by atoms with Crippen LogP contribution in [0, 0.1) is 10.1 Å². The van der Waals surface area contributed by atoms with Crippen molar-refractivity contribution in [2.24, 2.45) is 4.99 Å². The number of aliphatic imine (C=N–C) groups is 1. The van der Waals surface area contributed by atoms with E-state index in [0.717, 1.165) is 44.0 Å². The van der Waals surface area contributed by atoms with Crippen molar-refractivity contribution in [3.8, 4) is 0 Å². The van der Waals surface area contributed by atoms with E-state index < -0.39 is 0 Å². The highest BCUT2D eigenvalue weighted by molar-refractivity contribution is 14.0. The van der Waals surface area contributed by atoms with E-state index in [1.54, 1.807) is 12.1 Å². The monoisotopic (exact) mass is 489 g/mol. The number of nitrogens with zero attached hydrogens (tertiary/aromatic N) is 3. The van der Waals surface area contributed by atoms with E-state index in [1.165, 1.54) is 25.5 Å². The van der Waals surface area contributed by atoms with Gasteiger partial charge in [0.1, 0.15) is 0 Å². The number of hydrogen-bond acceptors (Lipinski definition) is 4. The number of benzene rings is 1. The zero-order valence-corrected chi connectivity index (χ0v) is 18.6. The minimum absolute atomic E-state index is 0. The van der Waals surface area contributed by atoms with Gasteiger partial charge in [-0.2, -0.15) is 0 Å². The molecule has 0 aliphatic carbocycles. The average molecular weight is 489 g/mol. The van der Waals surface area contributed by atoms with Crippen molar-refractivity contribution < 1.29 is 4.92 Å². The Hall–Kier alpha value is -1.42. The molecule has 1 heterocycles. The Morgan fingerprint density at radius 1 is 1.33 bits per heavy atom. The van der Waals surface area contributed by atoms with Crippen molar-refractivity contribution in [3.05, 3.63) is 39.9 Å². The standard InChI is InChI=1S/C19H31N5O2.HI/c1-3-5-11-23-12-9-17(10-13-23)22-19(20-4-2)21-15-16-7-6-8-18(14-16)24(25)26;/h6-8,14,17H,3-5,9-13,15H2,1-2H3,(H2,20,21,22);1H. The summed E-state index contributed by atoms with van der Waals surface area (Å²) in [5.41, 5.74) is 0.945. The molecule has 0 atom stereocenters. The van der Waals surface area contributed by atoms with Gasteiger partial charge in [0.25, 0.3) is 5.69 Å². The summed E-state index contributed by atoms with van der Waals surface area (Å²) in [7, 11) is 0. The van der Waals surface area contributed by atoms with Crippen LogP contribution < -0.4 is 10.6 Å². The van der Waals surface area contributed by atoms with Crippen LogP contribution in [0.4, 0.5) is 5.69 Å². The molecule has 0 radical (unpaired) electrons. The summed E-state index contributed by atoms with van der Waals surface area (Å²) in [6.07, 6.45) is 4.74. The third-order valence-corrected chi connectivity index (χ3v) is 4.64. The Labute approximate surface area is 179 Å². The fourth-order valence-corrected chi connectivity index (χ4v) is 3.13. The van der Waals surface area contributed by atoms with Crippen LogP contribution in [0.3, 0.4) is 0 Å². The Morgan fingerprint density at radius 3 is 2.70 bits per heavy atom. The van der Waals surface area contributed by atoms with Gasteiger partial charge >= 0.3 is 0 Å². The smallest absolute Gasteiger partial charge is 0.269 e. The van der Waals surface area contributed by atoms with Gasteiger partial charge in [0.2, 0.25) is 0 Å². The molecule has 152 valence electrons. The second kappa shape index (κ2) is 12.9. The third-order valence-electron chi connectivity index (χ3n) is 4.64. The molecule has 27 heavy (non-hydrogen) atoms. The summed E-state index contributed by atoms with van der Waals surface area (Å²) in [5, 5.41) is 17.7. The molecule has 1 aromatic carbocycles. The molecule has 0 aromatic heterocycles. The summed E-state index contributed by atoms with van der Waals surface area (Å²) in [4.78, 5) is 17.7. The minimum atomic E-state index is -0.372. The first-order valence-corrected chi connectivity index (χ1v) is 9.63. The fraction of sp³-hybridized carbons (Fsp3) is 0.632. The maximum Gasteiger partial charge on any atom is 0.269 e. The van der Waals surface area contributed by atoms with E-state index in [9.17, 15) is 10.1 Å². The average Bonchev–Trinajstić information content (AvgIpc) is 2.66. The number of nitrogens with one attached hydrogen (secondary N) is 2. The molecule has 1 fully saturated rings. The SMILES string of the molecule is CCCCN1CCC(NC(=NCc2cccc([N+](=O)[O-])c2)NCC)CC1.I. The molecule has 7 nitrogen and oxygen atoms in total. The Bertz CT molecular complexity index is 604. The number of piperidine rings is 1. The van der Waals surface area contributed by atoms with E-state index >= 15 is 0 Å². The highest BCUT2D eigenvalue weighted by atomic mass is 127. The largest absolute Gasteiger partial charge is 0.357 e. The number of halogens is 1. The van der Waals surface area contributed by atoms with Crippen LogP contribution >= 0.6 is 24.0 Å². The number of non-ortho nitro benzene ring substituents is 1. The van der Waals surface area contributed by atoms with E-state index in [4.69, 9.17) is 0 Å². The van der Waals surface area contributed by atoms with Crippen LogP contribution in [0.5, 0.6) is 0 Å². The molecule has 0 spiro atoms. The Morgan fingerprint density at radius 2 is 2.07 bits per heavy atom. The van der Waals surface area contributed by atoms with Gasteiger partial charge in [-0.3, -0.25) is 10.1 Å². The van der Waals surface area contributed by atoms with E-state index in [0.29, 0.717) is 12.6 Å². The van der Waals surface area contributed by atoms with Crippen molar-refractivity contribution in [3.63, 3.8) is 0 Å². The van der Waals surface area contributed by atoms with Gasteiger partial charge in [0.15, 0.2) is 5.96 Å². The number of nitro groups is 1. The van der Waals surface area contributed by atoms with Crippen molar-refractivity contribution in [1.29, 1.82) is 0 Å². The summed E-state index contributed by atoms with van der Waals surface area (Å²) >= 11 is 0. The van der Waals surface area contributed by atoms with Crippen molar-refractivity contribution in [1.82, 2.24) is 15.5 Å². The number of hydrogen-bond donors (Lipinski definition) is 2. The van der Waals surface area contributed by atoms with Crippen LogP contribution in [-0.4, -0.2) is 48.0 Å². The number of likely N-dealkylation sites (tertiary alicyclic amines) is 1. The van der Waals surface area contributed by atoms with Gasteiger partial charge in [0, 0.05) is 37.8 Å². The first-order chi connectivity index (χ1) is 12.6. The van der Waals surface area contributed by atoms with Crippen LogP contribution in [0.2, 0.25) is 0 Å². The van der Waals surface area contributed by atoms with Gasteiger partial charge in [-0.1, -0.05) is 25.5 Å². The Kier molecular flexibility index (Phi) is 11.3. The molecule has 2 rings (SSSR count). The summed E-state index contributed by atoms with van der Waals surface area (Å²) in [5.74, 6) is 0.783. The lowest BCUT2D eigenvalue weighted by Crippen LogP contribution is -2.48. The molecular formula is C19H32IN5O2. The van der Waals surface area contributed by atoms with Crippen molar-refractivity contribution >= 4 is 35.6 Å². The van der Waals surface area contributed by atoms with Gasteiger partial charge in [-0.15, -0.1) is 24.0 Å². The number of unbranched alkanes of at least 4 members (excludes halogenated alkanes) is 1. The highest BCUT2D eigenvalue weighted by Crippen LogP contribution is 2.14. The zero-order valence-electron chi connectivity index (χ0n) is 16.3. The van der Waals surface area contributed by atoms with Crippen molar-refractivity contribution in [2.45, 2.75) is 52.1 Å². The van der Waals surface area contributed by atoms with Gasteiger partial charge < -0.3 is 15.5 Å². The van der Waals surface area contributed by atoms with Crippen molar-refractivity contribution in [2.75, 3.05) is 26.2 Å². The van der Waals surface area contributed by atoms with E-state index in [1.807, 2.05) is 13.0 Å². The first-order valence-electron chi connectivity index (χ1n) is 9.63. The quantitative estimate of drug-likeness (QED) is 0.192. The van der Waals surface area contributed by atoms with Gasteiger partial charge in [-0.05, 0) is 38.3 Å². The zero-order chi connectivity index (χ0) is 18.8. The molecule has 1 aliphatic rings. The molecule has 1 aromatic rings. The summed E-state index contributed by atoms with van der Waals surface area (Å²) < 4.78 is 0. The molecular weight excluding hydrogens is 457 g/mol. The second-order valence-corrected chi connectivity index (χ2v) is 6.74. The maximum atomic E-state index is 10.9. The molecule has 1 aliphatic heterocycles. The minimum Gasteiger partial charge on any atom is -0.357 e. The van der Waals surface area contributed by atoms with E-state index in [2.05, 4.69) is 27.4 Å². The molecule has 2 N–H and O–H groups in total. The number of nitro benzene ring substituents is 1. The van der Waals surface area contributed by atoms with Crippen LogP contribution in [0.1, 0.15) is 45.1 Å². The first kappa shape index (κ1) is 23.6.